The maximum atomic E-state index is 12.9. The van der Waals surface area contributed by atoms with Gasteiger partial charge in [-0.3, -0.25) is 19.0 Å². The van der Waals surface area contributed by atoms with Crippen molar-refractivity contribution in [2.45, 2.75) is 24.8 Å². The zero-order valence-electron chi connectivity index (χ0n) is 15.6. The van der Waals surface area contributed by atoms with Crippen LogP contribution in [0.5, 0.6) is 0 Å². The largest absolute Gasteiger partial charge is 0.344 e. The minimum atomic E-state index is -0.485. The van der Waals surface area contributed by atoms with Gasteiger partial charge in [-0.15, -0.1) is 0 Å². The molecule has 2 fully saturated rings. The van der Waals surface area contributed by atoms with E-state index in [1.165, 1.54) is 0 Å². The van der Waals surface area contributed by atoms with E-state index in [9.17, 15) is 9.59 Å². The second-order valence-electron chi connectivity index (χ2n) is 7.38. The smallest absolute Gasteiger partial charge is 0.249 e. The Bertz CT molecular complexity index is 842. The zero-order chi connectivity index (χ0) is 19.0. The van der Waals surface area contributed by atoms with E-state index < -0.39 is 6.04 Å². The van der Waals surface area contributed by atoms with Crippen molar-refractivity contribution in [3.05, 3.63) is 30.4 Å². The van der Waals surface area contributed by atoms with Crippen molar-refractivity contribution >= 4 is 17.5 Å². The molecule has 9 heteroatoms. The number of nitrogens with zero attached hydrogens (tertiary/aromatic N) is 5. The fraction of sp³-hybridized carbons (Fsp3) is 0.556. The third-order valence-corrected chi connectivity index (χ3v) is 5.46. The van der Waals surface area contributed by atoms with Gasteiger partial charge in [0.15, 0.2) is 0 Å². The summed E-state index contributed by atoms with van der Waals surface area (Å²) in [5.74, 6) is -0.255. The van der Waals surface area contributed by atoms with Crippen LogP contribution in [0.25, 0.3) is 0 Å². The van der Waals surface area contributed by atoms with Gasteiger partial charge in [-0.05, 0) is 18.4 Å². The van der Waals surface area contributed by atoms with Crippen LogP contribution in [0.15, 0.2) is 24.8 Å². The topological polar surface area (TPSA) is 97.1 Å². The molecule has 2 saturated heterocycles. The molecule has 2 aromatic heterocycles. The molecule has 4 rings (SSSR count). The van der Waals surface area contributed by atoms with Gasteiger partial charge in [0, 0.05) is 52.0 Å². The predicted molar refractivity (Wildman–Crippen MR) is 99.0 cm³/mol. The van der Waals surface area contributed by atoms with Gasteiger partial charge in [0.05, 0.1) is 24.0 Å². The fourth-order valence-electron chi connectivity index (χ4n) is 4.03. The summed E-state index contributed by atoms with van der Waals surface area (Å²) in [6.07, 6.45) is 8.78. The van der Waals surface area contributed by atoms with E-state index >= 15 is 0 Å². The number of anilines is 1. The molecule has 0 radical (unpaired) electrons. The molecule has 144 valence electrons. The van der Waals surface area contributed by atoms with E-state index in [4.69, 9.17) is 0 Å². The average Bonchev–Trinajstić information content (AvgIpc) is 3.37. The van der Waals surface area contributed by atoms with Crippen LogP contribution in [0.4, 0.5) is 5.69 Å². The summed E-state index contributed by atoms with van der Waals surface area (Å²) < 4.78 is 3.42. The summed E-state index contributed by atoms with van der Waals surface area (Å²) in [4.78, 5) is 27.5. The molecule has 9 nitrogen and oxygen atoms in total. The van der Waals surface area contributed by atoms with Crippen LogP contribution in [-0.2, 0) is 23.7 Å². The lowest BCUT2D eigenvalue weighted by molar-refractivity contribution is -0.130. The number of carbonyl (C=O) groups is 2. The van der Waals surface area contributed by atoms with Crippen LogP contribution >= 0.6 is 0 Å². The zero-order valence-corrected chi connectivity index (χ0v) is 15.6. The lowest BCUT2D eigenvalue weighted by atomic mass is 9.89. The van der Waals surface area contributed by atoms with Gasteiger partial charge < -0.3 is 15.5 Å². The molecule has 0 aromatic carbocycles. The average molecular weight is 371 g/mol. The molecule has 1 unspecified atom stereocenters. The SMILES string of the molecule is Cn1cc([C@H]2CNC[C@@H]2C(=O)NC2CCCN(c3cnn(C)c3)C2=O)cn1. The first-order chi connectivity index (χ1) is 13.0. The number of hydrogen-bond acceptors (Lipinski definition) is 5. The molecule has 0 bridgehead atoms. The van der Waals surface area contributed by atoms with Crippen molar-refractivity contribution in [2.75, 3.05) is 24.5 Å². The minimum Gasteiger partial charge on any atom is -0.344 e. The van der Waals surface area contributed by atoms with Crippen LogP contribution < -0.4 is 15.5 Å². The highest BCUT2D eigenvalue weighted by atomic mass is 16.2. The Morgan fingerprint density at radius 3 is 2.67 bits per heavy atom. The summed E-state index contributed by atoms with van der Waals surface area (Å²) in [5.41, 5.74) is 1.83. The number of aryl methyl sites for hydroxylation is 2. The molecule has 0 aliphatic carbocycles. The van der Waals surface area contributed by atoms with Gasteiger partial charge in [0.1, 0.15) is 6.04 Å². The number of piperidine rings is 1. The number of aromatic nitrogens is 4. The standard InChI is InChI=1S/C18H25N7O2/c1-23-10-12(6-20-23)14-8-19-9-15(14)17(26)22-16-4-3-5-25(18(16)27)13-7-21-24(2)11-13/h6-7,10-11,14-16,19H,3-5,8-9H2,1-2H3,(H,22,26)/t14-,15+,16?/m1/s1. The number of amides is 2. The predicted octanol–water partition coefficient (Wildman–Crippen LogP) is -0.232. The third kappa shape index (κ3) is 3.46. The van der Waals surface area contributed by atoms with Gasteiger partial charge in [0.25, 0.3) is 0 Å². The molecule has 2 amide bonds. The lowest BCUT2D eigenvalue weighted by Crippen LogP contribution is -2.54. The van der Waals surface area contributed by atoms with Crippen LogP contribution in [-0.4, -0.2) is 57.1 Å². The Morgan fingerprint density at radius 1 is 1.19 bits per heavy atom. The maximum absolute atomic E-state index is 12.9. The van der Waals surface area contributed by atoms with E-state index in [2.05, 4.69) is 20.8 Å². The molecule has 2 aliphatic rings. The number of rotatable bonds is 4. The summed E-state index contributed by atoms with van der Waals surface area (Å²) in [5, 5.41) is 14.6. The van der Waals surface area contributed by atoms with E-state index in [0.717, 1.165) is 24.2 Å². The highest BCUT2D eigenvalue weighted by Gasteiger charge is 2.38. The first kappa shape index (κ1) is 17.7. The van der Waals surface area contributed by atoms with Gasteiger partial charge >= 0.3 is 0 Å². The Hall–Kier alpha value is -2.68. The normalized spacial score (nSPS) is 25.8. The Labute approximate surface area is 157 Å². The molecular weight excluding hydrogens is 346 g/mol. The highest BCUT2D eigenvalue weighted by Crippen LogP contribution is 2.28. The molecule has 0 saturated carbocycles. The Balaban J connectivity index is 1.44. The van der Waals surface area contributed by atoms with Crippen molar-refractivity contribution in [2.24, 2.45) is 20.0 Å². The van der Waals surface area contributed by atoms with Crippen molar-refractivity contribution in [1.82, 2.24) is 30.2 Å². The molecular formula is C18H25N7O2. The summed E-state index contributed by atoms with van der Waals surface area (Å²) >= 11 is 0. The van der Waals surface area contributed by atoms with Crippen LogP contribution in [0.3, 0.4) is 0 Å². The van der Waals surface area contributed by atoms with Crippen molar-refractivity contribution in [1.29, 1.82) is 0 Å². The van der Waals surface area contributed by atoms with Gasteiger partial charge in [-0.2, -0.15) is 10.2 Å². The highest BCUT2D eigenvalue weighted by molar-refractivity contribution is 6.00. The molecule has 2 aliphatic heterocycles. The minimum absolute atomic E-state index is 0.0634. The third-order valence-electron chi connectivity index (χ3n) is 5.46. The van der Waals surface area contributed by atoms with Gasteiger partial charge in [-0.25, -0.2) is 0 Å². The Morgan fingerprint density at radius 2 is 1.96 bits per heavy atom. The van der Waals surface area contributed by atoms with Crippen LogP contribution in [0, 0.1) is 5.92 Å². The van der Waals surface area contributed by atoms with E-state index in [1.54, 1.807) is 20.5 Å². The van der Waals surface area contributed by atoms with E-state index in [0.29, 0.717) is 19.5 Å². The van der Waals surface area contributed by atoms with E-state index in [1.807, 2.05) is 32.7 Å². The first-order valence-electron chi connectivity index (χ1n) is 9.32. The molecule has 27 heavy (non-hydrogen) atoms. The summed E-state index contributed by atoms with van der Waals surface area (Å²) in [7, 11) is 3.69. The lowest BCUT2D eigenvalue weighted by Gasteiger charge is -2.32. The molecule has 2 N–H and O–H groups in total. The molecule has 2 aromatic rings. The number of carbonyl (C=O) groups excluding carboxylic acids is 2. The van der Waals surface area contributed by atoms with Gasteiger partial charge in [0.2, 0.25) is 11.8 Å². The Kier molecular flexibility index (Phi) is 4.69. The number of nitrogens with one attached hydrogen (secondary N) is 2. The summed E-state index contributed by atoms with van der Waals surface area (Å²) in [6.45, 7) is 2.00. The van der Waals surface area contributed by atoms with Crippen molar-refractivity contribution in [3.63, 3.8) is 0 Å². The monoisotopic (exact) mass is 371 g/mol. The van der Waals surface area contributed by atoms with Crippen molar-refractivity contribution in [3.8, 4) is 0 Å². The number of hydrogen-bond donors (Lipinski definition) is 2. The van der Waals surface area contributed by atoms with Gasteiger partial charge in [-0.1, -0.05) is 0 Å². The van der Waals surface area contributed by atoms with Crippen LogP contribution in [0.2, 0.25) is 0 Å². The molecule has 3 atom stereocenters. The van der Waals surface area contributed by atoms with E-state index in [-0.39, 0.29) is 23.7 Å². The first-order valence-corrected chi connectivity index (χ1v) is 9.32. The second-order valence-corrected chi connectivity index (χ2v) is 7.38. The fourth-order valence-corrected chi connectivity index (χ4v) is 4.03. The van der Waals surface area contributed by atoms with Crippen molar-refractivity contribution < 1.29 is 9.59 Å². The maximum Gasteiger partial charge on any atom is 0.249 e. The van der Waals surface area contributed by atoms with Crippen LogP contribution in [0.1, 0.15) is 24.3 Å². The summed E-state index contributed by atoms with van der Waals surface area (Å²) in [6, 6.07) is -0.485. The second kappa shape index (κ2) is 7.15. The molecule has 4 heterocycles. The quantitative estimate of drug-likeness (QED) is 0.774. The molecule has 0 spiro atoms.